The third-order valence-electron chi connectivity index (χ3n) is 5.21. The van der Waals surface area contributed by atoms with Crippen LogP contribution in [0.1, 0.15) is 40.0 Å². The van der Waals surface area contributed by atoms with Crippen molar-refractivity contribution in [1.29, 1.82) is 0 Å². The number of hydrogen-bond acceptors (Lipinski definition) is 2. The van der Waals surface area contributed by atoms with Gasteiger partial charge in [0.2, 0.25) is 0 Å². The monoisotopic (exact) mass is 236 g/mol. The average Bonchev–Trinajstić information content (AvgIpc) is 2.23. The van der Waals surface area contributed by atoms with Crippen molar-refractivity contribution in [3.05, 3.63) is 24.3 Å². The van der Waals surface area contributed by atoms with Crippen molar-refractivity contribution >= 4 is 0 Å². The van der Waals surface area contributed by atoms with Crippen molar-refractivity contribution in [2.75, 3.05) is 0 Å². The van der Waals surface area contributed by atoms with Crippen LogP contribution in [0.5, 0.6) is 0 Å². The molecule has 0 aliphatic heterocycles. The molecule has 0 radical (unpaired) electrons. The maximum Gasteiger partial charge on any atom is 0.0794 e. The Balaban J connectivity index is 2.40. The van der Waals surface area contributed by atoms with Gasteiger partial charge in [-0.1, -0.05) is 38.2 Å². The van der Waals surface area contributed by atoms with Gasteiger partial charge in [0.15, 0.2) is 0 Å². The maximum absolute atomic E-state index is 11.1. The molecule has 0 unspecified atom stereocenters. The fraction of sp³-hybridized carbons (Fsp3) is 0.733. The lowest BCUT2D eigenvalue weighted by Gasteiger charge is -2.57. The summed E-state index contributed by atoms with van der Waals surface area (Å²) in [5, 5.41) is 21.5. The van der Waals surface area contributed by atoms with E-state index < -0.39 is 17.1 Å². The van der Waals surface area contributed by atoms with Gasteiger partial charge in [0, 0.05) is 11.3 Å². The van der Waals surface area contributed by atoms with Gasteiger partial charge in [-0.05, 0) is 32.1 Å². The van der Waals surface area contributed by atoms with Gasteiger partial charge >= 0.3 is 0 Å². The van der Waals surface area contributed by atoms with Crippen molar-refractivity contribution < 1.29 is 10.2 Å². The van der Waals surface area contributed by atoms with Crippen LogP contribution in [0.25, 0.3) is 0 Å². The summed E-state index contributed by atoms with van der Waals surface area (Å²) in [7, 11) is 0. The lowest BCUT2D eigenvalue weighted by molar-refractivity contribution is -0.194. The van der Waals surface area contributed by atoms with E-state index in [0.717, 1.165) is 24.8 Å². The van der Waals surface area contributed by atoms with Gasteiger partial charge in [-0.25, -0.2) is 0 Å². The van der Waals surface area contributed by atoms with Crippen LogP contribution in [-0.2, 0) is 0 Å². The molecule has 0 bridgehead atoms. The number of allylic oxidation sites excluding steroid dienone is 2. The summed E-state index contributed by atoms with van der Waals surface area (Å²) in [4.78, 5) is 0. The quantitative estimate of drug-likeness (QED) is 0.687. The van der Waals surface area contributed by atoms with E-state index in [1.807, 2.05) is 20.8 Å². The molecule has 2 N–H and O–H groups in total. The first-order valence-electron chi connectivity index (χ1n) is 6.54. The predicted molar refractivity (Wildman–Crippen MR) is 69.5 cm³/mol. The number of aliphatic hydroxyl groups is 2. The highest BCUT2D eigenvalue weighted by Gasteiger charge is 2.58. The van der Waals surface area contributed by atoms with E-state index in [4.69, 9.17) is 0 Å². The number of fused-ring (bicyclic) bond motifs is 1. The summed E-state index contributed by atoms with van der Waals surface area (Å²) < 4.78 is 0. The van der Waals surface area contributed by atoms with Crippen molar-refractivity contribution in [3.8, 4) is 0 Å². The third kappa shape index (κ3) is 1.69. The zero-order chi connectivity index (χ0) is 12.8. The Labute approximate surface area is 104 Å². The van der Waals surface area contributed by atoms with Crippen LogP contribution >= 0.6 is 0 Å². The predicted octanol–water partition coefficient (Wildman–Crippen LogP) is 2.67. The Morgan fingerprint density at radius 1 is 1.47 bits per heavy atom. The van der Waals surface area contributed by atoms with Crippen molar-refractivity contribution in [2.24, 2.45) is 17.3 Å². The maximum atomic E-state index is 11.1. The molecule has 0 amide bonds. The minimum Gasteiger partial charge on any atom is -0.392 e. The second-order valence-electron chi connectivity index (χ2n) is 6.26. The molecular formula is C15H24O2. The number of hydrogen-bond donors (Lipinski definition) is 2. The molecule has 96 valence electrons. The van der Waals surface area contributed by atoms with Gasteiger partial charge < -0.3 is 10.2 Å². The molecule has 1 fully saturated rings. The van der Waals surface area contributed by atoms with Crippen LogP contribution in [-0.4, -0.2) is 21.9 Å². The summed E-state index contributed by atoms with van der Waals surface area (Å²) in [5.74, 6) is 0.329. The van der Waals surface area contributed by atoms with Gasteiger partial charge in [-0.2, -0.15) is 0 Å². The molecule has 0 spiro atoms. The molecule has 0 heterocycles. The minimum atomic E-state index is -0.803. The molecule has 0 saturated heterocycles. The molecular weight excluding hydrogens is 212 g/mol. The third-order valence-corrected chi connectivity index (χ3v) is 5.21. The Kier molecular flexibility index (Phi) is 2.99. The molecule has 2 rings (SSSR count). The van der Waals surface area contributed by atoms with Crippen molar-refractivity contribution in [1.82, 2.24) is 0 Å². The molecule has 17 heavy (non-hydrogen) atoms. The number of rotatable bonds is 1. The van der Waals surface area contributed by atoms with E-state index in [0.29, 0.717) is 0 Å². The normalized spacial score (nSPS) is 49.8. The van der Waals surface area contributed by atoms with E-state index in [1.54, 1.807) is 0 Å². The van der Waals surface area contributed by atoms with Crippen LogP contribution in [0, 0.1) is 17.3 Å². The molecule has 0 aromatic carbocycles. The summed E-state index contributed by atoms with van der Waals surface area (Å²) in [5.41, 5.74) is -0.142. The van der Waals surface area contributed by atoms with Gasteiger partial charge in [-0.15, -0.1) is 0 Å². The highest BCUT2D eigenvalue weighted by atomic mass is 16.3. The van der Waals surface area contributed by atoms with Crippen molar-refractivity contribution in [2.45, 2.75) is 51.7 Å². The topological polar surface area (TPSA) is 40.5 Å². The molecule has 0 aromatic heterocycles. The van der Waals surface area contributed by atoms with Gasteiger partial charge in [0.05, 0.1) is 11.7 Å². The lowest BCUT2D eigenvalue weighted by atomic mass is 9.52. The van der Waals surface area contributed by atoms with Crippen LogP contribution in [0.15, 0.2) is 24.3 Å². The lowest BCUT2D eigenvalue weighted by Crippen LogP contribution is -2.62. The van der Waals surface area contributed by atoms with Crippen molar-refractivity contribution in [3.63, 3.8) is 0 Å². The first-order valence-corrected chi connectivity index (χ1v) is 6.54. The van der Waals surface area contributed by atoms with E-state index >= 15 is 0 Å². The molecule has 2 nitrogen and oxygen atoms in total. The molecule has 2 heteroatoms. The average molecular weight is 236 g/mol. The minimum absolute atomic E-state index is 0.0954. The van der Waals surface area contributed by atoms with E-state index in [1.165, 1.54) is 0 Å². The van der Waals surface area contributed by atoms with E-state index in [-0.39, 0.29) is 11.8 Å². The second kappa shape index (κ2) is 3.96. The Morgan fingerprint density at radius 2 is 2.12 bits per heavy atom. The zero-order valence-corrected chi connectivity index (χ0v) is 11.1. The van der Waals surface area contributed by atoms with E-state index in [9.17, 15) is 10.2 Å². The molecule has 5 atom stereocenters. The SMILES string of the molecule is C=C(C)[C@@H]1C[C@@H](O)[C@]2(C)CC=C[C@H](C)[C@@]2(O)C1. The first kappa shape index (κ1) is 12.8. The van der Waals surface area contributed by atoms with Crippen LogP contribution in [0.4, 0.5) is 0 Å². The molecule has 1 saturated carbocycles. The highest BCUT2D eigenvalue weighted by molar-refractivity contribution is 5.20. The second-order valence-corrected chi connectivity index (χ2v) is 6.26. The van der Waals surface area contributed by atoms with Crippen LogP contribution in [0.3, 0.4) is 0 Å². The number of aliphatic hydroxyl groups excluding tert-OH is 1. The molecule has 2 aliphatic rings. The molecule has 0 aromatic rings. The summed E-state index contributed by atoms with van der Waals surface area (Å²) in [6.45, 7) is 10.0. The summed E-state index contributed by atoms with van der Waals surface area (Å²) >= 11 is 0. The van der Waals surface area contributed by atoms with Crippen LogP contribution in [0.2, 0.25) is 0 Å². The van der Waals surface area contributed by atoms with Gasteiger partial charge in [0.1, 0.15) is 0 Å². The first-order chi connectivity index (χ1) is 7.81. The Bertz CT molecular complexity index is 360. The van der Waals surface area contributed by atoms with Gasteiger partial charge in [0.25, 0.3) is 0 Å². The molecule has 2 aliphatic carbocycles. The zero-order valence-electron chi connectivity index (χ0n) is 11.1. The summed E-state index contributed by atoms with van der Waals surface area (Å²) in [6, 6.07) is 0. The largest absolute Gasteiger partial charge is 0.392 e. The van der Waals surface area contributed by atoms with Crippen LogP contribution < -0.4 is 0 Å². The Hall–Kier alpha value is -0.600. The summed E-state index contributed by atoms with van der Waals surface area (Å²) in [6.07, 6.45) is 5.95. The van der Waals surface area contributed by atoms with Gasteiger partial charge in [-0.3, -0.25) is 0 Å². The fourth-order valence-electron chi connectivity index (χ4n) is 3.58. The smallest absolute Gasteiger partial charge is 0.0794 e. The fourth-order valence-corrected chi connectivity index (χ4v) is 3.58. The standard InChI is InChI=1S/C15H24O2/c1-10(2)12-8-13(16)14(4)7-5-6-11(3)15(14,17)9-12/h5-6,11-13,16-17H,1,7-9H2,2-4H3/t11-,12+,13+,14-,15-/m0/s1. The Morgan fingerprint density at radius 3 is 2.71 bits per heavy atom. The highest BCUT2D eigenvalue weighted by Crippen LogP contribution is 2.55. The van der Waals surface area contributed by atoms with E-state index in [2.05, 4.69) is 18.7 Å².